The maximum atomic E-state index is 10.0. The average Bonchev–Trinajstić information content (AvgIpc) is 2.34. The lowest BCUT2D eigenvalue weighted by Crippen LogP contribution is -2.37. The molecule has 1 aromatic rings. The van der Waals surface area contributed by atoms with E-state index in [1.54, 1.807) is 0 Å². The highest BCUT2D eigenvalue weighted by Gasteiger charge is 2.16. The number of nitrogens with two attached hydrogens (primary N) is 1. The fourth-order valence-corrected chi connectivity index (χ4v) is 2.29. The van der Waals surface area contributed by atoms with E-state index in [0.29, 0.717) is 13.1 Å². The SMILES string of the molecule is CN(CC(O)COc1ccccc1CN)CC(C)(C)C. The van der Waals surface area contributed by atoms with Crippen molar-refractivity contribution in [2.24, 2.45) is 11.1 Å². The molecule has 4 heteroatoms. The molecule has 1 atom stereocenters. The van der Waals surface area contributed by atoms with Crippen molar-refractivity contribution in [1.82, 2.24) is 4.90 Å². The van der Waals surface area contributed by atoms with Crippen LogP contribution in [0.4, 0.5) is 0 Å². The number of hydrogen-bond acceptors (Lipinski definition) is 4. The molecule has 20 heavy (non-hydrogen) atoms. The second-order valence-electron chi connectivity index (χ2n) is 6.53. The Kier molecular flexibility index (Phi) is 6.46. The average molecular weight is 280 g/mol. The van der Waals surface area contributed by atoms with Gasteiger partial charge in [-0.25, -0.2) is 0 Å². The zero-order valence-corrected chi connectivity index (χ0v) is 13.1. The first-order chi connectivity index (χ1) is 9.31. The summed E-state index contributed by atoms with van der Waals surface area (Å²) in [6.07, 6.45) is -0.506. The van der Waals surface area contributed by atoms with E-state index in [4.69, 9.17) is 10.5 Å². The first-order valence-electron chi connectivity index (χ1n) is 7.09. The van der Waals surface area contributed by atoms with Crippen LogP contribution in [0.5, 0.6) is 5.75 Å². The second-order valence-corrected chi connectivity index (χ2v) is 6.53. The van der Waals surface area contributed by atoms with Crippen molar-refractivity contribution in [3.05, 3.63) is 29.8 Å². The van der Waals surface area contributed by atoms with Crippen molar-refractivity contribution in [3.63, 3.8) is 0 Å². The van der Waals surface area contributed by atoms with Crippen LogP contribution in [0.25, 0.3) is 0 Å². The van der Waals surface area contributed by atoms with Crippen LogP contribution < -0.4 is 10.5 Å². The standard InChI is InChI=1S/C16H28N2O2/c1-16(2,3)12-18(4)10-14(19)11-20-15-8-6-5-7-13(15)9-17/h5-8,14,19H,9-12,17H2,1-4H3. The van der Waals surface area contributed by atoms with Gasteiger partial charge in [-0.1, -0.05) is 39.0 Å². The molecule has 0 bridgehead atoms. The third-order valence-corrected chi connectivity index (χ3v) is 2.89. The summed E-state index contributed by atoms with van der Waals surface area (Å²) in [5, 5.41) is 10.0. The predicted molar refractivity (Wildman–Crippen MR) is 82.8 cm³/mol. The molecule has 0 radical (unpaired) electrons. The van der Waals surface area contributed by atoms with E-state index in [2.05, 4.69) is 25.7 Å². The molecule has 0 amide bonds. The van der Waals surface area contributed by atoms with Crippen LogP contribution in [0, 0.1) is 5.41 Å². The molecule has 0 aliphatic heterocycles. The Morgan fingerprint density at radius 2 is 1.95 bits per heavy atom. The van der Waals surface area contributed by atoms with Crippen LogP contribution in [0.1, 0.15) is 26.3 Å². The van der Waals surface area contributed by atoms with E-state index in [0.717, 1.165) is 17.9 Å². The van der Waals surface area contributed by atoms with Crippen molar-refractivity contribution < 1.29 is 9.84 Å². The van der Waals surface area contributed by atoms with Crippen molar-refractivity contribution in [2.45, 2.75) is 33.4 Å². The van der Waals surface area contributed by atoms with Crippen LogP contribution in [0.15, 0.2) is 24.3 Å². The van der Waals surface area contributed by atoms with Gasteiger partial charge in [-0.2, -0.15) is 0 Å². The maximum Gasteiger partial charge on any atom is 0.123 e. The highest BCUT2D eigenvalue weighted by Crippen LogP contribution is 2.18. The number of aliphatic hydroxyl groups is 1. The van der Waals surface area contributed by atoms with E-state index in [1.807, 2.05) is 31.3 Å². The Morgan fingerprint density at radius 3 is 2.55 bits per heavy atom. The summed E-state index contributed by atoms with van der Waals surface area (Å²) in [7, 11) is 2.02. The van der Waals surface area contributed by atoms with Gasteiger partial charge in [-0.3, -0.25) is 0 Å². The van der Waals surface area contributed by atoms with Gasteiger partial charge in [-0.15, -0.1) is 0 Å². The molecule has 0 spiro atoms. The van der Waals surface area contributed by atoms with Crippen molar-refractivity contribution in [3.8, 4) is 5.75 Å². The quantitative estimate of drug-likeness (QED) is 0.800. The van der Waals surface area contributed by atoms with E-state index in [-0.39, 0.29) is 12.0 Å². The number of ether oxygens (including phenoxy) is 1. The first kappa shape index (κ1) is 17.0. The lowest BCUT2D eigenvalue weighted by atomic mass is 9.96. The molecule has 0 aromatic heterocycles. The minimum absolute atomic E-state index is 0.224. The number of rotatable bonds is 7. The third kappa shape index (κ3) is 6.37. The van der Waals surface area contributed by atoms with Gasteiger partial charge < -0.3 is 20.5 Å². The highest BCUT2D eigenvalue weighted by atomic mass is 16.5. The Balaban J connectivity index is 2.41. The van der Waals surface area contributed by atoms with Gasteiger partial charge in [0, 0.05) is 25.2 Å². The molecule has 0 aliphatic carbocycles. The maximum absolute atomic E-state index is 10.0. The summed E-state index contributed by atoms with van der Waals surface area (Å²) < 4.78 is 5.66. The fraction of sp³-hybridized carbons (Fsp3) is 0.625. The summed E-state index contributed by atoms with van der Waals surface area (Å²) in [6.45, 7) is 8.81. The van der Waals surface area contributed by atoms with Gasteiger partial charge in [0.25, 0.3) is 0 Å². The first-order valence-corrected chi connectivity index (χ1v) is 7.09. The van der Waals surface area contributed by atoms with Crippen molar-refractivity contribution >= 4 is 0 Å². The van der Waals surface area contributed by atoms with E-state index >= 15 is 0 Å². The van der Waals surface area contributed by atoms with Crippen LogP contribution in [0.2, 0.25) is 0 Å². The molecule has 0 saturated carbocycles. The largest absolute Gasteiger partial charge is 0.491 e. The minimum atomic E-state index is -0.506. The number of hydrogen-bond donors (Lipinski definition) is 2. The summed E-state index contributed by atoms with van der Waals surface area (Å²) in [4.78, 5) is 2.13. The number of aliphatic hydroxyl groups excluding tert-OH is 1. The van der Waals surface area contributed by atoms with Crippen molar-refractivity contribution in [2.75, 3.05) is 26.7 Å². The zero-order valence-electron chi connectivity index (χ0n) is 13.1. The molecular formula is C16H28N2O2. The van der Waals surface area contributed by atoms with Crippen molar-refractivity contribution in [1.29, 1.82) is 0 Å². The smallest absolute Gasteiger partial charge is 0.123 e. The van der Waals surface area contributed by atoms with E-state index < -0.39 is 6.10 Å². The molecule has 4 nitrogen and oxygen atoms in total. The molecule has 0 fully saturated rings. The number of likely N-dealkylation sites (N-methyl/N-ethyl adjacent to an activating group) is 1. The molecule has 3 N–H and O–H groups in total. The van der Waals surface area contributed by atoms with Gasteiger partial charge in [0.15, 0.2) is 0 Å². The molecule has 0 aliphatic rings. The topological polar surface area (TPSA) is 58.7 Å². The number of nitrogens with zero attached hydrogens (tertiary/aromatic N) is 1. The van der Waals surface area contributed by atoms with Gasteiger partial charge in [-0.05, 0) is 18.5 Å². The highest BCUT2D eigenvalue weighted by molar-refractivity contribution is 5.32. The van der Waals surface area contributed by atoms with E-state index in [9.17, 15) is 5.11 Å². The predicted octanol–water partition coefficient (Wildman–Crippen LogP) is 1.86. The monoisotopic (exact) mass is 280 g/mol. The molecular weight excluding hydrogens is 252 g/mol. The van der Waals surface area contributed by atoms with Gasteiger partial charge in [0.05, 0.1) is 0 Å². The van der Waals surface area contributed by atoms with Crippen LogP contribution in [-0.2, 0) is 6.54 Å². The third-order valence-electron chi connectivity index (χ3n) is 2.89. The number of benzene rings is 1. The molecule has 0 heterocycles. The molecule has 114 valence electrons. The molecule has 1 unspecified atom stereocenters. The lowest BCUT2D eigenvalue weighted by molar-refractivity contribution is 0.0664. The Hall–Kier alpha value is -1.10. The molecule has 0 saturated heterocycles. The minimum Gasteiger partial charge on any atom is -0.491 e. The zero-order chi connectivity index (χ0) is 15.2. The Morgan fingerprint density at radius 1 is 1.30 bits per heavy atom. The van der Waals surface area contributed by atoms with Crippen LogP contribution >= 0.6 is 0 Å². The molecule has 1 rings (SSSR count). The Labute approximate surface area is 122 Å². The number of para-hydroxylation sites is 1. The van der Waals surface area contributed by atoms with Crippen LogP contribution in [0.3, 0.4) is 0 Å². The second kappa shape index (κ2) is 7.62. The van der Waals surface area contributed by atoms with Crippen LogP contribution in [-0.4, -0.2) is 42.9 Å². The summed E-state index contributed by atoms with van der Waals surface area (Å²) in [5.74, 6) is 0.757. The normalized spacial score (nSPS) is 13.6. The van der Waals surface area contributed by atoms with E-state index in [1.165, 1.54) is 0 Å². The van der Waals surface area contributed by atoms with Gasteiger partial charge >= 0.3 is 0 Å². The van der Waals surface area contributed by atoms with Gasteiger partial charge in [0.2, 0.25) is 0 Å². The molecule has 1 aromatic carbocycles. The summed E-state index contributed by atoms with van der Waals surface area (Å²) in [5.41, 5.74) is 6.84. The lowest BCUT2D eigenvalue weighted by Gasteiger charge is -2.28. The fourth-order valence-electron chi connectivity index (χ4n) is 2.29. The summed E-state index contributed by atoms with van der Waals surface area (Å²) >= 11 is 0. The summed E-state index contributed by atoms with van der Waals surface area (Å²) in [6, 6.07) is 7.66. The Bertz CT molecular complexity index is 402. The van der Waals surface area contributed by atoms with Gasteiger partial charge in [0.1, 0.15) is 18.5 Å².